The first kappa shape index (κ1) is 23.0. The number of ether oxygens (including phenoxy) is 1. The molecule has 1 aliphatic carbocycles. The van der Waals surface area contributed by atoms with Crippen LogP contribution in [-0.2, 0) is 14.3 Å². The van der Waals surface area contributed by atoms with Crippen LogP contribution >= 0.6 is 0 Å². The first-order chi connectivity index (χ1) is 14.8. The predicted octanol–water partition coefficient (Wildman–Crippen LogP) is 2.91. The van der Waals surface area contributed by atoms with Crippen molar-refractivity contribution in [3.05, 3.63) is 59.7 Å². The average molecular weight is 423 g/mol. The molecule has 3 N–H and O–H groups in total. The molecule has 0 fully saturated rings. The standard InChI is InChI=1S/C24H30BNO5/c1-15(2)12-22(25(29)30)26-24(28)16(3)13-23(27)31-14-21-19-10-6-4-8-17(19)18-9-5-7-11-20(18)21/h4-11,15-16,21-22,29-30H,12-14H2,1-3H3,(H,26,28)/t16-,22+/m1/s1. The van der Waals surface area contributed by atoms with Gasteiger partial charge in [-0.2, -0.15) is 0 Å². The van der Waals surface area contributed by atoms with Crippen molar-refractivity contribution in [2.75, 3.05) is 6.61 Å². The molecule has 1 aliphatic rings. The minimum Gasteiger partial charge on any atom is -0.465 e. The van der Waals surface area contributed by atoms with E-state index >= 15 is 0 Å². The van der Waals surface area contributed by atoms with Gasteiger partial charge in [-0.3, -0.25) is 9.59 Å². The minimum atomic E-state index is -1.65. The quantitative estimate of drug-likeness (QED) is 0.426. The van der Waals surface area contributed by atoms with Crippen molar-refractivity contribution >= 4 is 19.0 Å². The number of esters is 1. The van der Waals surface area contributed by atoms with Crippen LogP contribution in [0, 0.1) is 11.8 Å². The van der Waals surface area contributed by atoms with E-state index in [2.05, 4.69) is 29.6 Å². The number of hydrogen-bond donors (Lipinski definition) is 3. The van der Waals surface area contributed by atoms with E-state index in [0.29, 0.717) is 6.42 Å². The van der Waals surface area contributed by atoms with Crippen LogP contribution in [0.4, 0.5) is 0 Å². The number of carbonyl (C=O) groups excluding carboxylic acids is 2. The molecule has 1 amide bonds. The SMILES string of the molecule is CC(C)C[C@H](NC(=O)[C@H](C)CC(=O)OCC1c2ccccc2-c2ccccc21)B(O)O. The second-order valence-corrected chi connectivity index (χ2v) is 8.67. The molecule has 2 atom stereocenters. The Hall–Kier alpha value is -2.64. The van der Waals surface area contributed by atoms with Gasteiger partial charge in [0.05, 0.1) is 12.4 Å². The van der Waals surface area contributed by atoms with Crippen LogP contribution in [0.15, 0.2) is 48.5 Å². The lowest BCUT2D eigenvalue weighted by atomic mass is 9.75. The van der Waals surface area contributed by atoms with Crippen LogP contribution in [0.1, 0.15) is 50.7 Å². The van der Waals surface area contributed by atoms with Crippen LogP contribution in [-0.4, -0.2) is 41.6 Å². The van der Waals surface area contributed by atoms with Gasteiger partial charge in [-0.25, -0.2) is 0 Å². The van der Waals surface area contributed by atoms with Gasteiger partial charge in [0.2, 0.25) is 5.91 Å². The van der Waals surface area contributed by atoms with Gasteiger partial charge in [0.25, 0.3) is 0 Å². The Labute approximate surface area is 183 Å². The maximum Gasteiger partial charge on any atom is 0.475 e. The highest BCUT2D eigenvalue weighted by molar-refractivity contribution is 6.43. The molecule has 164 valence electrons. The Morgan fingerprint density at radius 3 is 2.06 bits per heavy atom. The van der Waals surface area contributed by atoms with Crippen LogP contribution in [0.25, 0.3) is 11.1 Å². The zero-order valence-corrected chi connectivity index (χ0v) is 18.2. The van der Waals surface area contributed by atoms with E-state index in [1.54, 1.807) is 6.92 Å². The fraction of sp³-hybridized carbons (Fsp3) is 0.417. The smallest absolute Gasteiger partial charge is 0.465 e. The van der Waals surface area contributed by atoms with Crippen LogP contribution in [0.5, 0.6) is 0 Å². The summed E-state index contributed by atoms with van der Waals surface area (Å²) in [6.07, 6.45) is 0.360. The number of benzene rings is 2. The third kappa shape index (κ3) is 5.54. The topological polar surface area (TPSA) is 95.9 Å². The lowest BCUT2D eigenvalue weighted by Crippen LogP contribution is -2.49. The van der Waals surface area contributed by atoms with Gasteiger partial charge in [0.15, 0.2) is 0 Å². The van der Waals surface area contributed by atoms with E-state index < -0.39 is 30.9 Å². The van der Waals surface area contributed by atoms with Crippen LogP contribution in [0.2, 0.25) is 0 Å². The van der Waals surface area contributed by atoms with Gasteiger partial charge < -0.3 is 20.1 Å². The van der Waals surface area contributed by atoms with Gasteiger partial charge >= 0.3 is 13.1 Å². The molecule has 31 heavy (non-hydrogen) atoms. The number of amides is 1. The Morgan fingerprint density at radius 1 is 1.00 bits per heavy atom. The van der Waals surface area contributed by atoms with Crippen molar-refractivity contribution in [2.45, 2.75) is 45.5 Å². The van der Waals surface area contributed by atoms with Gasteiger partial charge in [0.1, 0.15) is 6.61 Å². The van der Waals surface area contributed by atoms with Gasteiger partial charge in [0, 0.05) is 11.8 Å². The Bertz CT molecular complexity index is 884. The van der Waals surface area contributed by atoms with E-state index in [0.717, 1.165) is 22.3 Å². The van der Waals surface area contributed by atoms with E-state index in [1.165, 1.54) is 0 Å². The van der Waals surface area contributed by atoms with Crippen molar-refractivity contribution in [3.63, 3.8) is 0 Å². The van der Waals surface area contributed by atoms with E-state index in [9.17, 15) is 19.6 Å². The third-order valence-electron chi connectivity index (χ3n) is 5.71. The lowest BCUT2D eigenvalue weighted by molar-refractivity contribution is -0.147. The molecule has 0 saturated heterocycles. The molecule has 2 aromatic rings. The Balaban J connectivity index is 1.57. The summed E-state index contributed by atoms with van der Waals surface area (Å²) in [6, 6.07) is 16.2. The summed E-state index contributed by atoms with van der Waals surface area (Å²) in [5, 5.41) is 21.6. The molecule has 0 spiro atoms. The van der Waals surface area contributed by atoms with Gasteiger partial charge in [-0.15, -0.1) is 0 Å². The first-order valence-corrected chi connectivity index (χ1v) is 10.8. The van der Waals surface area contributed by atoms with E-state index in [-0.39, 0.29) is 24.9 Å². The average Bonchev–Trinajstić information content (AvgIpc) is 3.05. The number of fused-ring (bicyclic) bond motifs is 3. The molecule has 0 aromatic heterocycles. The van der Waals surface area contributed by atoms with Gasteiger partial charge in [-0.05, 0) is 34.6 Å². The van der Waals surface area contributed by atoms with Crippen molar-refractivity contribution in [3.8, 4) is 11.1 Å². The number of nitrogens with one attached hydrogen (secondary N) is 1. The monoisotopic (exact) mass is 423 g/mol. The zero-order valence-electron chi connectivity index (χ0n) is 18.2. The molecule has 3 rings (SSSR count). The molecule has 0 aliphatic heterocycles. The Morgan fingerprint density at radius 2 is 1.55 bits per heavy atom. The summed E-state index contributed by atoms with van der Waals surface area (Å²) in [5.41, 5.74) is 4.59. The second-order valence-electron chi connectivity index (χ2n) is 8.67. The maximum atomic E-state index is 12.4. The highest BCUT2D eigenvalue weighted by Gasteiger charge is 2.31. The summed E-state index contributed by atoms with van der Waals surface area (Å²) >= 11 is 0. The summed E-state index contributed by atoms with van der Waals surface area (Å²) in [6.45, 7) is 5.71. The molecule has 6 nitrogen and oxygen atoms in total. The lowest BCUT2D eigenvalue weighted by Gasteiger charge is -2.22. The van der Waals surface area contributed by atoms with E-state index in [4.69, 9.17) is 4.74 Å². The molecule has 0 radical (unpaired) electrons. The van der Waals surface area contributed by atoms with Crippen LogP contribution in [0.3, 0.4) is 0 Å². The van der Waals surface area contributed by atoms with Crippen molar-refractivity contribution in [1.82, 2.24) is 5.32 Å². The molecular formula is C24H30BNO5. The summed E-state index contributed by atoms with van der Waals surface area (Å²) in [4.78, 5) is 24.9. The van der Waals surface area contributed by atoms with Crippen molar-refractivity contribution in [1.29, 1.82) is 0 Å². The molecule has 0 saturated carbocycles. The molecule has 0 bridgehead atoms. The number of rotatable bonds is 9. The summed E-state index contributed by atoms with van der Waals surface area (Å²) in [5.74, 6) is -2.09. The van der Waals surface area contributed by atoms with Gasteiger partial charge in [-0.1, -0.05) is 69.3 Å². The molecule has 7 heteroatoms. The van der Waals surface area contributed by atoms with Crippen molar-refractivity contribution in [2.24, 2.45) is 11.8 Å². The largest absolute Gasteiger partial charge is 0.475 e. The highest BCUT2D eigenvalue weighted by atomic mass is 16.5. The second kappa shape index (κ2) is 10.1. The molecular weight excluding hydrogens is 393 g/mol. The van der Waals surface area contributed by atoms with E-state index in [1.807, 2.05) is 38.1 Å². The fourth-order valence-electron chi connectivity index (χ4n) is 4.11. The highest BCUT2D eigenvalue weighted by Crippen LogP contribution is 2.44. The third-order valence-corrected chi connectivity index (χ3v) is 5.71. The normalized spacial score (nSPS) is 14.5. The first-order valence-electron chi connectivity index (χ1n) is 10.8. The maximum absolute atomic E-state index is 12.4. The Kier molecular flexibility index (Phi) is 7.52. The fourth-order valence-corrected chi connectivity index (χ4v) is 4.11. The zero-order chi connectivity index (χ0) is 22.5. The van der Waals surface area contributed by atoms with Crippen molar-refractivity contribution < 1.29 is 24.4 Å². The molecule has 0 heterocycles. The number of carbonyl (C=O) groups is 2. The summed E-state index contributed by atoms with van der Waals surface area (Å²) in [7, 11) is -1.65. The summed E-state index contributed by atoms with van der Waals surface area (Å²) < 4.78 is 5.56. The number of hydrogen-bond acceptors (Lipinski definition) is 5. The minimum absolute atomic E-state index is 0.0274. The predicted molar refractivity (Wildman–Crippen MR) is 120 cm³/mol. The molecule has 0 unspecified atom stereocenters. The molecule has 2 aromatic carbocycles. The van der Waals surface area contributed by atoms with Crippen LogP contribution < -0.4 is 5.32 Å².